The molecular weight excluding hydrogens is 256 g/mol. The third-order valence-electron chi connectivity index (χ3n) is 3.77. The van der Waals surface area contributed by atoms with E-state index in [0.29, 0.717) is 0 Å². The van der Waals surface area contributed by atoms with Gasteiger partial charge in [0.05, 0.1) is 0 Å². The maximum atomic E-state index is 3.37. The largest absolute Gasteiger partial charge is 0.361 e. The Morgan fingerprint density at radius 1 is 1.26 bits per heavy atom. The van der Waals surface area contributed by atoms with Crippen LogP contribution in [0.4, 0.5) is 0 Å². The van der Waals surface area contributed by atoms with Crippen LogP contribution in [-0.2, 0) is 0 Å². The van der Waals surface area contributed by atoms with Crippen molar-refractivity contribution in [3.8, 4) is 0 Å². The van der Waals surface area contributed by atoms with Gasteiger partial charge >= 0.3 is 0 Å². The van der Waals surface area contributed by atoms with E-state index in [9.17, 15) is 0 Å². The predicted octanol–water partition coefficient (Wildman–Crippen LogP) is 4.09. The Balaban J connectivity index is 0.00000133. The zero-order valence-electron chi connectivity index (χ0n) is 11.4. The lowest BCUT2D eigenvalue weighted by Crippen LogP contribution is -2.29. The molecule has 3 heteroatoms. The SMILES string of the molecule is CCCN1CC=C(c2c[nH]c3ccccc23)CC1.Cl. The average Bonchev–Trinajstić information content (AvgIpc) is 2.84. The highest BCUT2D eigenvalue weighted by atomic mass is 35.5. The minimum Gasteiger partial charge on any atom is -0.361 e. The van der Waals surface area contributed by atoms with Crippen LogP contribution in [0.15, 0.2) is 36.5 Å². The number of para-hydroxylation sites is 1. The smallest absolute Gasteiger partial charge is 0.0460 e. The molecule has 2 heterocycles. The number of hydrogen-bond acceptors (Lipinski definition) is 1. The summed E-state index contributed by atoms with van der Waals surface area (Å²) in [6, 6.07) is 8.55. The number of rotatable bonds is 3. The lowest BCUT2D eigenvalue weighted by molar-refractivity contribution is 0.302. The molecule has 0 radical (unpaired) electrons. The number of benzene rings is 1. The highest BCUT2D eigenvalue weighted by Gasteiger charge is 2.14. The van der Waals surface area contributed by atoms with Gasteiger partial charge in [0.1, 0.15) is 0 Å². The molecule has 2 nitrogen and oxygen atoms in total. The summed E-state index contributed by atoms with van der Waals surface area (Å²) in [4.78, 5) is 5.89. The molecule has 0 aliphatic carbocycles. The normalized spacial score (nSPS) is 16.2. The fourth-order valence-electron chi connectivity index (χ4n) is 2.81. The number of aromatic amines is 1. The minimum atomic E-state index is 0. The summed E-state index contributed by atoms with van der Waals surface area (Å²) >= 11 is 0. The second kappa shape index (κ2) is 6.27. The zero-order chi connectivity index (χ0) is 12.4. The minimum absolute atomic E-state index is 0. The van der Waals surface area contributed by atoms with Crippen LogP contribution in [0.1, 0.15) is 25.3 Å². The van der Waals surface area contributed by atoms with Gasteiger partial charge in [0, 0.05) is 35.8 Å². The molecule has 3 rings (SSSR count). The summed E-state index contributed by atoms with van der Waals surface area (Å²) in [5.41, 5.74) is 4.13. The van der Waals surface area contributed by atoms with Gasteiger partial charge in [-0.3, -0.25) is 4.90 Å². The first-order valence-electron chi connectivity index (χ1n) is 6.86. The summed E-state index contributed by atoms with van der Waals surface area (Å²) in [7, 11) is 0. The molecule has 0 saturated heterocycles. The number of nitrogens with one attached hydrogen (secondary N) is 1. The third-order valence-corrected chi connectivity index (χ3v) is 3.77. The monoisotopic (exact) mass is 276 g/mol. The number of hydrogen-bond donors (Lipinski definition) is 1. The van der Waals surface area contributed by atoms with E-state index >= 15 is 0 Å². The molecule has 0 unspecified atom stereocenters. The molecule has 0 bridgehead atoms. The summed E-state index contributed by atoms with van der Waals surface area (Å²) in [6.45, 7) is 5.76. The predicted molar refractivity (Wildman–Crippen MR) is 84.9 cm³/mol. The van der Waals surface area contributed by atoms with Gasteiger partial charge in [-0.15, -0.1) is 12.4 Å². The number of H-pyrrole nitrogens is 1. The lowest BCUT2D eigenvalue weighted by atomic mass is 9.99. The molecule has 2 aromatic rings. The molecule has 1 N–H and O–H groups in total. The maximum Gasteiger partial charge on any atom is 0.0460 e. The number of fused-ring (bicyclic) bond motifs is 1. The van der Waals surface area contributed by atoms with Crippen LogP contribution in [0.3, 0.4) is 0 Å². The first-order chi connectivity index (χ1) is 8.88. The zero-order valence-corrected chi connectivity index (χ0v) is 12.2. The maximum absolute atomic E-state index is 3.37. The summed E-state index contributed by atoms with van der Waals surface area (Å²) in [6.07, 6.45) is 6.97. The number of halogens is 1. The van der Waals surface area contributed by atoms with Crippen LogP contribution in [0.25, 0.3) is 16.5 Å². The van der Waals surface area contributed by atoms with Gasteiger partial charge in [-0.1, -0.05) is 31.2 Å². The lowest BCUT2D eigenvalue weighted by Gasteiger charge is -2.25. The summed E-state index contributed by atoms with van der Waals surface area (Å²) in [5, 5.41) is 1.35. The van der Waals surface area contributed by atoms with E-state index in [1.165, 1.54) is 48.0 Å². The molecule has 0 atom stereocenters. The van der Waals surface area contributed by atoms with Crippen molar-refractivity contribution in [3.05, 3.63) is 42.1 Å². The van der Waals surface area contributed by atoms with Crippen LogP contribution >= 0.6 is 12.4 Å². The molecule has 0 saturated carbocycles. The fraction of sp³-hybridized carbons (Fsp3) is 0.375. The van der Waals surface area contributed by atoms with Crippen molar-refractivity contribution in [2.24, 2.45) is 0 Å². The molecule has 1 aromatic carbocycles. The molecule has 0 amide bonds. The molecular formula is C16H21ClN2. The van der Waals surface area contributed by atoms with Crippen molar-refractivity contribution in [1.82, 2.24) is 9.88 Å². The van der Waals surface area contributed by atoms with E-state index in [1.54, 1.807) is 0 Å². The third kappa shape index (κ3) is 2.85. The summed E-state index contributed by atoms with van der Waals surface area (Å²) in [5.74, 6) is 0. The van der Waals surface area contributed by atoms with Gasteiger partial charge in [0.15, 0.2) is 0 Å². The average molecular weight is 277 g/mol. The van der Waals surface area contributed by atoms with Crippen molar-refractivity contribution in [1.29, 1.82) is 0 Å². The van der Waals surface area contributed by atoms with E-state index in [1.807, 2.05) is 0 Å². The van der Waals surface area contributed by atoms with Gasteiger partial charge in [0.25, 0.3) is 0 Å². The van der Waals surface area contributed by atoms with Crippen LogP contribution in [0.2, 0.25) is 0 Å². The second-order valence-electron chi connectivity index (χ2n) is 5.03. The van der Waals surface area contributed by atoms with E-state index in [2.05, 4.69) is 53.3 Å². The number of aromatic nitrogens is 1. The Morgan fingerprint density at radius 3 is 2.84 bits per heavy atom. The van der Waals surface area contributed by atoms with Gasteiger partial charge in [0.2, 0.25) is 0 Å². The van der Waals surface area contributed by atoms with E-state index in [-0.39, 0.29) is 12.4 Å². The Hall–Kier alpha value is -1.25. The highest BCUT2D eigenvalue weighted by molar-refractivity contribution is 5.92. The molecule has 1 aromatic heterocycles. The fourth-order valence-corrected chi connectivity index (χ4v) is 2.81. The van der Waals surface area contributed by atoms with Crippen LogP contribution < -0.4 is 0 Å². The van der Waals surface area contributed by atoms with Crippen LogP contribution in [-0.4, -0.2) is 29.5 Å². The summed E-state index contributed by atoms with van der Waals surface area (Å²) < 4.78 is 0. The molecule has 19 heavy (non-hydrogen) atoms. The van der Waals surface area contributed by atoms with Crippen LogP contribution in [0.5, 0.6) is 0 Å². The molecule has 0 spiro atoms. The first kappa shape index (κ1) is 14.2. The first-order valence-corrected chi connectivity index (χ1v) is 6.86. The topological polar surface area (TPSA) is 19.0 Å². The van der Waals surface area contributed by atoms with E-state index < -0.39 is 0 Å². The number of nitrogens with zero attached hydrogens (tertiary/aromatic N) is 1. The molecule has 102 valence electrons. The Kier molecular flexibility index (Phi) is 4.67. The van der Waals surface area contributed by atoms with Crippen molar-refractivity contribution < 1.29 is 0 Å². The molecule has 1 aliphatic heterocycles. The highest BCUT2D eigenvalue weighted by Crippen LogP contribution is 2.28. The van der Waals surface area contributed by atoms with Crippen molar-refractivity contribution in [2.75, 3.05) is 19.6 Å². The van der Waals surface area contributed by atoms with Crippen LogP contribution in [0, 0.1) is 0 Å². The van der Waals surface area contributed by atoms with E-state index in [0.717, 1.165) is 6.54 Å². The van der Waals surface area contributed by atoms with E-state index in [4.69, 9.17) is 0 Å². The standard InChI is InChI=1S/C16H20N2.ClH/c1-2-9-18-10-7-13(8-11-18)15-12-17-16-6-4-3-5-14(15)16;/h3-7,12,17H,2,8-11H2,1H3;1H. The van der Waals surface area contributed by atoms with Gasteiger partial charge in [-0.05, 0) is 31.0 Å². The Labute approximate surface area is 120 Å². The van der Waals surface area contributed by atoms with Gasteiger partial charge < -0.3 is 4.98 Å². The quantitative estimate of drug-likeness (QED) is 0.895. The van der Waals surface area contributed by atoms with Gasteiger partial charge in [-0.25, -0.2) is 0 Å². The van der Waals surface area contributed by atoms with Crippen molar-refractivity contribution >= 4 is 28.9 Å². The second-order valence-corrected chi connectivity index (χ2v) is 5.03. The molecule has 0 fully saturated rings. The van der Waals surface area contributed by atoms with Crippen molar-refractivity contribution in [3.63, 3.8) is 0 Å². The van der Waals surface area contributed by atoms with Crippen molar-refractivity contribution in [2.45, 2.75) is 19.8 Å². The Bertz CT molecular complexity index is 571. The Morgan fingerprint density at radius 2 is 2.11 bits per heavy atom. The van der Waals surface area contributed by atoms with Gasteiger partial charge in [-0.2, -0.15) is 0 Å². The molecule has 1 aliphatic rings.